The molecule has 200 valence electrons. The highest BCUT2D eigenvalue weighted by Crippen LogP contribution is 2.28. The first-order chi connectivity index (χ1) is 17.8. The lowest BCUT2D eigenvalue weighted by atomic mass is 9.89. The average molecular weight is 512 g/mol. The van der Waals surface area contributed by atoms with Gasteiger partial charge in [0.15, 0.2) is 5.96 Å². The molecule has 7 N–H and O–H groups in total. The zero-order valence-corrected chi connectivity index (χ0v) is 21.0. The van der Waals surface area contributed by atoms with Crippen LogP contribution in [0.25, 0.3) is 0 Å². The van der Waals surface area contributed by atoms with Crippen LogP contribution in [0.4, 0.5) is 0 Å². The summed E-state index contributed by atoms with van der Waals surface area (Å²) >= 11 is 0. The van der Waals surface area contributed by atoms with E-state index in [1.54, 1.807) is 0 Å². The van der Waals surface area contributed by atoms with Gasteiger partial charge in [0.25, 0.3) is 0 Å². The molecule has 0 fully saturated rings. The number of nitrogens with one attached hydrogen (secondary N) is 1. The Labute approximate surface area is 217 Å². The van der Waals surface area contributed by atoms with Gasteiger partial charge in [-0.1, -0.05) is 60.7 Å². The molecule has 0 aliphatic heterocycles. The van der Waals surface area contributed by atoms with Crippen LogP contribution in [0.15, 0.2) is 65.7 Å². The number of aliphatic imine (C=N–C) groups is 1. The summed E-state index contributed by atoms with van der Waals surface area (Å²) in [5.41, 5.74) is 12.4. The first-order valence-corrected chi connectivity index (χ1v) is 12.4. The normalized spacial score (nSPS) is 11.5. The second-order valence-electron chi connectivity index (χ2n) is 8.65. The Kier molecular flexibility index (Phi) is 12.6. The van der Waals surface area contributed by atoms with Crippen molar-refractivity contribution in [1.82, 2.24) is 10.2 Å². The van der Waals surface area contributed by atoms with Gasteiger partial charge in [-0.2, -0.15) is 0 Å². The fraction of sp³-hybridized carbons (Fsp3) is 0.407. The first-order valence-electron chi connectivity index (χ1n) is 12.4. The molecule has 0 bridgehead atoms. The van der Waals surface area contributed by atoms with E-state index in [0.717, 1.165) is 11.1 Å². The Morgan fingerprint density at radius 1 is 0.892 bits per heavy atom. The first kappa shape index (κ1) is 29.3. The predicted molar refractivity (Wildman–Crippen MR) is 142 cm³/mol. The van der Waals surface area contributed by atoms with Crippen molar-refractivity contribution >= 4 is 23.7 Å². The molecule has 0 aliphatic rings. The Hall–Kier alpha value is -3.92. The fourth-order valence-electron chi connectivity index (χ4n) is 4.13. The van der Waals surface area contributed by atoms with Crippen molar-refractivity contribution in [1.29, 1.82) is 0 Å². The van der Waals surface area contributed by atoms with Gasteiger partial charge < -0.3 is 31.9 Å². The van der Waals surface area contributed by atoms with Gasteiger partial charge in [-0.05, 0) is 43.2 Å². The summed E-state index contributed by atoms with van der Waals surface area (Å²) in [4.78, 5) is 44.1. The van der Waals surface area contributed by atoms with Crippen LogP contribution in [0.5, 0.6) is 0 Å². The average Bonchev–Trinajstić information content (AvgIpc) is 2.89. The number of carboxylic acid groups (broad SMARTS) is 1. The van der Waals surface area contributed by atoms with E-state index < -0.39 is 30.4 Å². The number of carboxylic acids is 1. The molecule has 0 heterocycles. The minimum Gasteiger partial charge on any atom is -0.480 e. The van der Waals surface area contributed by atoms with Crippen LogP contribution in [0.1, 0.15) is 49.1 Å². The molecule has 10 nitrogen and oxygen atoms in total. The van der Waals surface area contributed by atoms with Gasteiger partial charge in [0.1, 0.15) is 12.6 Å². The molecule has 10 heteroatoms. The summed E-state index contributed by atoms with van der Waals surface area (Å²) in [5, 5.41) is 20.7. The number of hydrogen-bond acceptors (Lipinski definition) is 5. The van der Waals surface area contributed by atoms with E-state index in [2.05, 4.69) is 10.3 Å². The molecular weight excluding hydrogens is 474 g/mol. The van der Waals surface area contributed by atoms with Crippen LogP contribution in [0.2, 0.25) is 0 Å². The zero-order valence-electron chi connectivity index (χ0n) is 21.0. The quantitative estimate of drug-likeness (QED) is 0.129. The molecule has 0 saturated carbocycles. The highest BCUT2D eigenvalue weighted by atomic mass is 16.4. The minimum absolute atomic E-state index is 0.0334. The standard InChI is InChI=1S/C27H37N5O5/c28-27(29)30-16-10-15-22(25(36)31-19-23(34)35)32(17-8-3-9-18-33)26(37)24(20-11-4-1-5-12-20)21-13-6-2-7-14-21/h1-2,4-7,11-14,22,24,33H,3,8-10,15-19H2,(H,31,36)(H,34,35)(H4,28,29,30)/t22-/m1/s1. The second-order valence-corrected chi connectivity index (χ2v) is 8.65. The van der Waals surface area contributed by atoms with E-state index in [1.807, 2.05) is 60.7 Å². The molecule has 1 atom stereocenters. The van der Waals surface area contributed by atoms with Crippen molar-refractivity contribution in [2.45, 2.75) is 44.1 Å². The molecular formula is C27H37N5O5. The number of amides is 2. The summed E-state index contributed by atoms with van der Waals surface area (Å²) in [5.74, 6) is -2.73. The largest absolute Gasteiger partial charge is 0.480 e. The number of aliphatic carboxylic acids is 1. The van der Waals surface area contributed by atoms with E-state index >= 15 is 0 Å². The van der Waals surface area contributed by atoms with Gasteiger partial charge >= 0.3 is 5.97 Å². The zero-order chi connectivity index (χ0) is 27.0. The highest BCUT2D eigenvalue weighted by Gasteiger charge is 2.34. The monoisotopic (exact) mass is 511 g/mol. The fourth-order valence-corrected chi connectivity index (χ4v) is 4.13. The molecule has 0 aliphatic carbocycles. The number of benzene rings is 2. The van der Waals surface area contributed by atoms with Crippen LogP contribution in [-0.2, 0) is 14.4 Å². The number of carbonyl (C=O) groups is 3. The van der Waals surface area contributed by atoms with E-state index in [-0.39, 0.29) is 38.0 Å². The molecule has 0 saturated heterocycles. The number of carbonyl (C=O) groups excluding carboxylic acids is 2. The van der Waals surface area contributed by atoms with E-state index in [4.69, 9.17) is 16.6 Å². The molecule has 0 aromatic heterocycles. The van der Waals surface area contributed by atoms with Crippen LogP contribution >= 0.6 is 0 Å². The van der Waals surface area contributed by atoms with E-state index in [9.17, 15) is 19.5 Å². The van der Waals surface area contributed by atoms with E-state index in [1.165, 1.54) is 4.90 Å². The van der Waals surface area contributed by atoms with Crippen molar-refractivity contribution in [2.24, 2.45) is 16.5 Å². The second kappa shape index (κ2) is 15.9. The summed E-state index contributed by atoms with van der Waals surface area (Å²) in [6.07, 6.45) is 2.45. The van der Waals surface area contributed by atoms with E-state index in [0.29, 0.717) is 25.7 Å². The molecule has 2 aromatic rings. The van der Waals surface area contributed by atoms with Crippen molar-refractivity contribution in [3.63, 3.8) is 0 Å². The van der Waals surface area contributed by atoms with Gasteiger partial charge in [-0.25, -0.2) is 0 Å². The maximum atomic E-state index is 14.2. The summed E-state index contributed by atoms with van der Waals surface area (Å²) in [6, 6.07) is 17.7. The molecule has 2 amide bonds. The maximum absolute atomic E-state index is 14.2. The summed E-state index contributed by atoms with van der Waals surface area (Å²) < 4.78 is 0. The maximum Gasteiger partial charge on any atom is 0.322 e. The number of guanidine groups is 1. The van der Waals surface area contributed by atoms with Crippen LogP contribution in [0, 0.1) is 0 Å². The third-order valence-electron chi connectivity index (χ3n) is 5.88. The molecule has 37 heavy (non-hydrogen) atoms. The topological polar surface area (TPSA) is 171 Å². The lowest BCUT2D eigenvalue weighted by Gasteiger charge is -2.34. The summed E-state index contributed by atoms with van der Waals surface area (Å²) in [6.45, 7) is 0.00304. The number of hydrogen-bond donors (Lipinski definition) is 5. The Bertz CT molecular complexity index is 973. The van der Waals surface area contributed by atoms with Crippen LogP contribution in [0.3, 0.4) is 0 Å². The number of unbranched alkanes of at least 4 members (excludes halogenated alkanes) is 2. The number of aliphatic hydroxyl groups is 1. The number of nitrogens with two attached hydrogens (primary N) is 2. The molecule has 0 spiro atoms. The molecule has 0 unspecified atom stereocenters. The van der Waals surface area contributed by atoms with Gasteiger partial charge in [0.2, 0.25) is 11.8 Å². The molecule has 2 rings (SSSR count). The molecule has 2 aromatic carbocycles. The number of rotatable bonds is 16. The van der Waals surface area contributed by atoms with Gasteiger partial charge in [0, 0.05) is 19.7 Å². The number of nitrogens with zero attached hydrogens (tertiary/aromatic N) is 2. The van der Waals surface area contributed by atoms with Gasteiger partial charge in [-0.15, -0.1) is 0 Å². The van der Waals surface area contributed by atoms with Gasteiger partial charge in [0.05, 0.1) is 5.92 Å². The minimum atomic E-state index is -1.18. The SMILES string of the molecule is NC(N)=NCCC[C@H](C(=O)NCC(=O)O)N(CCCCCO)C(=O)C(c1ccccc1)c1ccccc1. The highest BCUT2D eigenvalue weighted by molar-refractivity contribution is 5.93. The smallest absolute Gasteiger partial charge is 0.322 e. The Balaban J connectivity index is 2.46. The summed E-state index contributed by atoms with van der Waals surface area (Å²) in [7, 11) is 0. The lowest BCUT2D eigenvalue weighted by Crippen LogP contribution is -2.52. The molecule has 0 radical (unpaired) electrons. The van der Waals surface area contributed by atoms with Crippen molar-refractivity contribution < 1.29 is 24.6 Å². The van der Waals surface area contributed by atoms with Crippen molar-refractivity contribution in [2.75, 3.05) is 26.2 Å². The lowest BCUT2D eigenvalue weighted by molar-refractivity contribution is -0.143. The Morgan fingerprint density at radius 3 is 2.00 bits per heavy atom. The third kappa shape index (κ3) is 9.92. The van der Waals surface area contributed by atoms with Crippen molar-refractivity contribution in [3.05, 3.63) is 71.8 Å². The van der Waals surface area contributed by atoms with Crippen molar-refractivity contribution in [3.8, 4) is 0 Å². The van der Waals surface area contributed by atoms with Crippen LogP contribution < -0.4 is 16.8 Å². The predicted octanol–water partition coefficient (Wildman–Crippen LogP) is 1.43. The Morgan fingerprint density at radius 2 is 1.49 bits per heavy atom. The number of aliphatic hydroxyl groups excluding tert-OH is 1. The third-order valence-corrected chi connectivity index (χ3v) is 5.88. The van der Waals surface area contributed by atoms with Crippen LogP contribution in [-0.4, -0.2) is 71.1 Å². The van der Waals surface area contributed by atoms with Gasteiger partial charge in [-0.3, -0.25) is 19.4 Å².